The second-order valence-corrected chi connectivity index (χ2v) is 15.5. The smallest absolute Gasteiger partial charge is 0.140 e. The highest BCUT2D eigenvalue weighted by Gasteiger charge is 2.52. The van der Waals surface area contributed by atoms with E-state index in [1.165, 1.54) is 71.8 Å². The van der Waals surface area contributed by atoms with Crippen LogP contribution in [-0.2, 0) is 5.41 Å². The normalized spacial score (nSPS) is 14.6. The lowest BCUT2D eigenvalue weighted by Gasteiger charge is -2.39. The lowest BCUT2D eigenvalue weighted by molar-refractivity contribution is 0.441. The molecule has 2 nitrogen and oxygen atoms in total. The van der Waals surface area contributed by atoms with Crippen LogP contribution in [0.5, 0.6) is 11.5 Å². The standard InChI is InChI=1S/C57H37NO/c1-3-16-38(17-4-1)39-30-33-42(34-31-39)58(41-19-5-2-6-20-41)53-37-35-45(44-22-9-10-23-46(44)53)47-25-15-28-51-55(47)48-24-11-12-26-49(48)57(51)50-27-13-14-29-54(50)59-56-43-21-8-7-18-40(43)32-36-52(56)57/h1-37H. The zero-order valence-electron chi connectivity index (χ0n) is 32.2. The first-order chi connectivity index (χ1) is 29.3. The van der Waals surface area contributed by atoms with Gasteiger partial charge in [0.1, 0.15) is 11.5 Å². The van der Waals surface area contributed by atoms with Crippen LogP contribution < -0.4 is 9.64 Å². The van der Waals surface area contributed by atoms with Crippen LogP contribution in [0.3, 0.4) is 0 Å². The van der Waals surface area contributed by atoms with Crippen LogP contribution in [-0.4, -0.2) is 0 Å². The van der Waals surface area contributed by atoms with Gasteiger partial charge in [0.2, 0.25) is 0 Å². The van der Waals surface area contributed by atoms with Crippen molar-refractivity contribution in [3.63, 3.8) is 0 Å². The Morgan fingerprint density at radius 1 is 0.339 bits per heavy atom. The molecule has 1 unspecified atom stereocenters. The van der Waals surface area contributed by atoms with Gasteiger partial charge in [0.25, 0.3) is 0 Å². The summed E-state index contributed by atoms with van der Waals surface area (Å²) in [5.74, 6) is 1.83. The van der Waals surface area contributed by atoms with E-state index in [0.29, 0.717) is 0 Å². The molecule has 0 saturated carbocycles. The molecule has 0 aromatic heterocycles. The van der Waals surface area contributed by atoms with Crippen LogP contribution in [0.4, 0.5) is 17.1 Å². The van der Waals surface area contributed by atoms with Gasteiger partial charge in [-0.2, -0.15) is 0 Å². The van der Waals surface area contributed by atoms with E-state index in [0.717, 1.165) is 33.9 Å². The van der Waals surface area contributed by atoms with Crippen molar-refractivity contribution < 1.29 is 4.74 Å². The second kappa shape index (κ2) is 13.2. The van der Waals surface area contributed by atoms with E-state index in [2.05, 4.69) is 229 Å². The van der Waals surface area contributed by atoms with Crippen molar-refractivity contribution in [3.8, 4) is 44.9 Å². The summed E-state index contributed by atoms with van der Waals surface area (Å²) in [5, 5.41) is 4.69. The number of hydrogen-bond donors (Lipinski definition) is 0. The zero-order chi connectivity index (χ0) is 38.9. The first-order valence-corrected chi connectivity index (χ1v) is 20.3. The Hall–Kier alpha value is -7.68. The quantitative estimate of drug-likeness (QED) is 0.174. The maximum Gasteiger partial charge on any atom is 0.140 e. The third kappa shape index (κ3) is 4.93. The SMILES string of the molecule is c1ccc(-c2ccc(N(c3ccccc3)c3ccc(-c4cccc5c4-c4ccccc4C54c5ccccc5Oc5c4ccc4ccccc54)c4ccccc34)cc2)cc1. The van der Waals surface area contributed by atoms with Gasteiger partial charge in [-0.15, -0.1) is 0 Å². The number of rotatable bonds is 5. The zero-order valence-corrected chi connectivity index (χ0v) is 32.2. The van der Waals surface area contributed by atoms with Crippen LogP contribution in [0.2, 0.25) is 0 Å². The molecule has 0 saturated heterocycles. The molecule has 0 fully saturated rings. The van der Waals surface area contributed by atoms with Crippen LogP contribution >= 0.6 is 0 Å². The molecule has 0 amide bonds. The predicted octanol–water partition coefficient (Wildman–Crippen LogP) is 15.3. The van der Waals surface area contributed by atoms with Gasteiger partial charge < -0.3 is 9.64 Å². The minimum absolute atomic E-state index is 0.568. The number of fused-ring (bicyclic) bond motifs is 12. The number of benzene rings is 10. The Morgan fingerprint density at radius 2 is 0.949 bits per heavy atom. The summed E-state index contributed by atoms with van der Waals surface area (Å²) in [5.41, 5.74) is 15.0. The van der Waals surface area contributed by atoms with Gasteiger partial charge in [-0.1, -0.05) is 188 Å². The van der Waals surface area contributed by atoms with Gasteiger partial charge in [0, 0.05) is 33.3 Å². The van der Waals surface area contributed by atoms with Crippen molar-refractivity contribution >= 4 is 38.6 Å². The van der Waals surface area contributed by atoms with Gasteiger partial charge in [-0.3, -0.25) is 0 Å². The van der Waals surface area contributed by atoms with E-state index in [1.54, 1.807) is 0 Å². The molecule has 2 heteroatoms. The van der Waals surface area contributed by atoms with E-state index >= 15 is 0 Å². The molecular weight excluding hydrogens is 715 g/mol. The molecule has 1 atom stereocenters. The summed E-state index contributed by atoms with van der Waals surface area (Å²) >= 11 is 0. The highest BCUT2D eigenvalue weighted by atomic mass is 16.5. The largest absolute Gasteiger partial charge is 0.456 e. The molecule has 59 heavy (non-hydrogen) atoms. The topological polar surface area (TPSA) is 12.5 Å². The lowest BCUT2D eigenvalue weighted by Crippen LogP contribution is -2.32. The molecule has 10 aromatic rings. The summed E-state index contributed by atoms with van der Waals surface area (Å²) < 4.78 is 6.91. The van der Waals surface area contributed by atoms with Crippen LogP contribution in [0.25, 0.3) is 54.9 Å². The molecule has 276 valence electrons. The first kappa shape index (κ1) is 33.5. The fraction of sp³-hybridized carbons (Fsp3) is 0.0175. The predicted molar refractivity (Wildman–Crippen MR) is 244 cm³/mol. The molecule has 2 aliphatic rings. The average Bonchev–Trinajstić information content (AvgIpc) is 3.61. The molecule has 1 spiro atoms. The molecule has 1 aliphatic carbocycles. The Morgan fingerprint density at radius 3 is 1.78 bits per heavy atom. The fourth-order valence-corrected chi connectivity index (χ4v) is 10.1. The molecule has 0 bridgehead atoms. The Bertz CT molecular complexity index is 3240. The summed E-state index contributed by atoms with van der Waals surface area (Å²) in [7, 11) is 0. The highest BCUT2D eigenvalue weighted by Crippen LogP contribution is 2.64. The molecular formula is C57H37NO. The molecule has 1 heterocycles. The maximum atomic E-state index is 6.91. The summed E-state index contributed by atoms with van der Waals surface area (Å²) in [6.45, 7) is 0. The number of ether oxygens (including phenoxy) is 1. The van der Waals surface area contributed by atoms with E-state index in [4.69, 9.17) is 4.74 Å². The van der Waals surface area contributed by atoms with Gasteiger partial charge in [0.15, 0.2) is 0 Å². The molecule has 10 aromatic carbocycles. The van der Waals surface area contributed by atoms with Crippen molar-refractivity contribution in [2.45, 2.75) is 5.41 Å². The lowest BCUT2D eigenvalue weighted by atomic mass is 9.65. The number of anilines is 3. The highest BCUT2D eigenvalue weighted by molar-refractivity contribution is 6.10. The summed E-state index contributed by atoms with van der Waals surface area (Å²) in [6.07, 6.45) is 0. The Labute approximate surface area is 343 Å². The minimum Gasteiger partial charge on any atom is -0.456 e. The number of nitrogens with zero attached hydrogens (tertiary/aromatic N) is 1. The molecule has 12 rings (SSSR count). The van der Waals surface area contributed by atoms with E-state index in [9.17, 15) is 0 Å². The van der Waals surface area contributed by atoms with Crippen LogP contribution in [0, 0.1) is 0 Å². The molecule has 0 radical (unpaired) electrons. The first-order valence-electron chi connectivity index (χ1n) is 20.3. The molecule has 1 aliphatic heterocycles. The van der Waals surface area contributed by atoms with Crippen LogP contribution in [0.15, 0.2) is 224 Å². The van der Waals surface area contributed by atoms with Gasteiger partial charge >= 0.3 is 0 Å². The van der Waals surface area contributed by atoms with Gasteiger partial charge in [-0.25, -0.2) is 0 Å². The molecule has 0 N–H and O–H groups in total. The van der Waals surface area contributed by atoms with E-state index in [-0.39, 0.29) is 0 Å². The number of hydrogen-bond acceptors (Lipinski definition) is 2. The second-order valence-electron chi connectivity index (χ2n) is 15.5. The fourth-order valence-electron chi connectivity index (χ4n) is 10.1. The van der Waals surface area contributed by atoms with E-state index in [1.807, 2.05) is 0 Å². The van der Waals surface area contributed by atoms with Crippen molar-refractivity contribution in [1.29, 1.82) is 0 Å². The van der Waals surface area contributed by atoms with Gasteiger partial charge in [-0.05, 0) is 91.7 Å². The van der Waals surface area contributed by atoms with Crippen molar-refractivity contribution in [1.82, 2.24) is 0 Å². The minimum atomic E-state index is -0.568. The average molecular weight is 752 g/mol. The van der Waals surface area contributed by atoms with Crippen molar-refractivity contribution in [2.24, 2.45) is 0 Å². The Balaban J connectivity index is 1.09. The maximum absolute atomic E-state index is 6.91. The Kier molecular flexibility index (Phi) is 7.48. The van der Waals surface area contributed by atoms with Gasteiger partial charge in [0.05, 0.1) is 11.1 Å². The summed E-state index contributed by atoms with van der Waals surface area (Å²) in [6, 6.07) is 81.5. The van der Waals surface area contributed by atoms with Crippen molar-refractivity contribution in [3.05, 3.63) is 247 Å². The van der Waals surface area contributed by atoms with Crippen molar-refractivity contribution in [2.75, 3.05) is 4.90 Å². The monoisotopic (exact) mass is 751 g/mol. The van der Waals surface area contributed by atoms with E-state index < -0.39 is 5.41 Å². The van der Waals surface area contributed by atoms with Crippen LogP contribution in [0.1, 0.15) is 22.3 Å². The third-order valence-electron chi connectivity index (χ3n) is 12.5. The summed E-state index contributed by atoms with van der Waals surface area (Å²) in [4.78, 5) is 2.39. The third-order valence-corrected chi connectivity index (χ3v) is 12.5. The number of para-hydroxylation sites is 2.